The molecule has 5 nitrogen and oxygen atoms in total. The number of methoxy groups -OCH3 is 1. The molecule has 0 heterocycles. The molecule has 3 N–H and O–H groups in total. The second-order valence-corrected chi connectivity index (χ2v) is 5.92. The van der Waals surface area contributed by atoms with Crippen molar-refractivity contribution in [3.05, 3.63) is 18.2 Å². The Morgan fingerprint density at radius 1 is 1.33 bits per heavy atom. The van der Waals surface area contributed by atoms with Gasteiger partial charge in [0.25, 0.3) is 0 Å². The van der Waals surface area contributed by atoms with E-state index in [1.807, 2.05) is 0 Å². The first-order chi connectivity index (χ1) is 9.83. The first-order valence-electron chi connectivity index (χ1n) is 7.31. The summed E-state index contributed by atoms with van der Waals surface area (Å²) in [5.74, 6) is 1.14. The number of benzene rings is 1. The molecule has 0 spiro atoms. The van der Waals surface area contributed by atoms with Crippen LogP contribution in [0.4, 0.5) is 11.4 Å². The van der Waals surface area contributed by atoms with Gasteiger partial charge in [0.2, 0.25) is 5.91 Å². The molecule has 0 bridgehead atoms. The molecule has 1 aromatic carbocycles. The summed E-state index contributed by atoms with van der Waals surface area (Å²) < 4.78 is 5.09. The van der Waals surface area contributed by atoms with E-state index in [0.717, 1.165) is 6.54 Å². The van der Waals surface area contributed by atoms with Crippen molar-refractivity contribution in [2.75, 3.05) is 31.2 Å². The van der Waals surface area contributed by atoms with Crippen molar-refractivity contribution in [3.63, 3.8) is 0 Å². The normalized spacial score (nSPS) is 11.2. The molecule has 0 radical (unpaired) electrons. The molecule has 0 aliphatic rings. The first kappa shape index (κ1) is 17.3. The van der Waals surface area contributed by atoms with E-state index in [-0.39, 0.29) is 5.91 Å². The quantitative estimate of drug-likeness (QED) is 0.758. The Bertz CT molecular complexity index is 473. The highest BCUT2D eigenvalue weighted by Crippen LogP contribution is 2.24. The molecular formula is C16H27N3O2. The summed E-state index contributed by atoms with van der Waals surface area (Å²) in [7, 11) is 1.58. The molecule has 0 saturated carbocycles. The lowest BCUT2D eigenvalue weighted by atomic mass is 10.2. The Morgan fingerprint density at radius 3 is 2.48 bits per heavy atom. The third kappa shape index (κ3) is 5.63. The second kappa shape index (κ2) is 7.88. The zero-order chi connectivity index (χ0) is 16.0. The van der Waals surface area contributed by atoms with Gasteiger partial charge in [0.15, 0.2) is 0 Å². The fraction of sp³-hybridized carbons (Fsp3) is 0.562. The van der Waals surface area contributed by atoms with E-state index in [9.17, 15) is 4.79 Å². The number of nitrogens with one attached hydrogen (secondary N) is 1. The number of hydrogen-bond acceptors (Lipinski definition) is 4. The number of hydrogen-bond donors (Lipinski definition) is 2. The Balaban J connectivity index is 2.67. The van der Waals surface area contributed by atoms with Crippen LogP contribution in [0, 0.1) is 5.92 Å². The van der Waals surface area contributed by atoms with Gasteiger partial charge < -0.3 is 15.8 Å². The van der Waals surface area contributed by atoms with Gasteiger partial charge in [-0.2, -0.15) is 0 Å². The predicted molar refractivity (Wildman–Crippen MR) is 87.6 cm³/mol. The van der Waals surface area contributed by atoms with Gasteiger partial charge in [0.05, 0.1) is 25.0 Å². The predicted octanol–water partition coefficient (Wildman–Crippen LogP) is 2.58. The zero-order valence-electron chi connectivity index (χ0n) is 13.6. The molecule has 0 aliphatic heterocycles. The van der Waals surface area contributed by atoms with Crippen LogP contribution in [0.1, 0.15) is 27.7 Å². The number of rotatable bonds is 7. The average molecular weight is 293 g/mol. The Morgan fingerprint density at radius 2 is 2.00 bits per heavy atom. The number of ether oxygens (including phenoxy) is 1. The highest BCUT2D eigenvalue weighted by molar-refractivity contribution is 5.95. The number of nitrogens with two attached hydrogens (primary N) is 1. The zero-order valence-corrected chi connectivity index (χ0v) is 13.6. The summed E-state index contributed by atoms with van der Waals surface area (Å²) in [5.41, 5.74) is 7.03. The SMILES string of the molecule is COc1ccc(NC(=O)CN(CC(C)C)C(C)C)c(N)c1. The molecule has 21 heavy (non-hydrogen) atoms. The highest BCUT2D eigenvalue weighted by atomic mass is 16.5. The molecule has 0 atom stereocenters. The molecule has 5 heteroatoms. The minimum atomic E-state index is -0.0544. The van der Waals surface area contributed by atoms with Gasteiger partial charge in [-0.05, 0) is 31.9 Å². The lowest BCUT2D eigenvalue weighted by Crippen LogP contribution is -2.40. The lowest BCUT2D eigenvalue weighted by molar-refractivity contribution is -0.117. The van der Waals surface area contributed by atoms with Gasteiger partial charge in [0, 0.05) is 18.7 Å². The van der Waals surface area contributed by atoms with Gasteiger partial charge in [-0.15, -0.1) is 0 Å². The summed E-state index contributed by atoms with van der Waals surface area (Å²) in [4.78, 5) is 14.3. The minimum Gasteiger partial charge on any atom is -0.497 e. The number of carbonyl (C=O) groups is 1. The van der Waals surface area contributed by atoms with Crippen molar-refractivity contribution < 1.29 is 9.53 Å². The van der Waals surface area contributed by atoms with Crippen molar-refractivity contribution in [2.45, 2.75) is 33.7 Å². The lowest BCUT2D eigenvalue weighted by Gasteiger charge is -2.27. The molecule has 1 amide bonds. The maximum atomic E-state index is 12.2. The molecule has 0 aromatic heterocycles. The maximum absolute atomic E-state index is 12.2. The third-order valence-electron chi connectivity index (χ3n) is 3.21. The molecule has 0 aliphatic carbocycles. The molecule has 1 aromatic rings. The summed E-state index contributed by atoms with van der Waals surface area (Å²) in [6.45, 7) is 9.74. The van der Waals surface area contributed by atoms with E-state index < -0.39 is 0 Å². The van der Waals surface area contributed by atoms with Crippen molar-refractivity contribution in [3.8, 4) is 5.75 Å². The van der Waals surface area contributed by atoms with E-state index in [4.69, 9.17) is 10.5 Å². The molecule has 118 valence electrons. The first-order valence-corrected chi connectivity index (χ1v) is 7.31. The van der Waals surface area contributed by atoms with Gasteiger partial charge in [-0.1, -0.05) is 13.8 Å². The Labute approximate surface area is 127 Å². The van der Waals surface area contributed by atoms with Gasteiger partial charge in [-0.25, -0.2) is 0 Å². The van der Waals surface area contributed by atoms with Gasteiger partial charge in [-0.3, -0.25) is 9.69 Å². The van der Waals surface area contributed by atoms with Crippen LogP contribution in [-0.4, -0.2) is 37.0 Å². The Hall–Kier alpha value is -1.75. The summed E-state index contributed by atoms with van der Waals surface area (Å²) in [5, 5.41) is 2.86. The van der Waals surface area contributed by atoms with Gasteiger partial charge >= 0.3 is 0 Å². The topological polar surface area (TPSA) is 67.6 Å². The van der Waals surface area contributed by atoms with Crippen molar-refractivity contribution in [1.82, 2.24) is 4.90 Å². The van der Waals surface area contributed by atoms with Crippen LogP contribution in [0.5, 0.6) is 5.75 Å². The number of carbonyl (C=O) groups excluding carboxylic acids is 1. The Kier molecular flexibility index (Phi) is 6.49. The molecule has 1 rings (SSSR count). The van der Waals surface area contributed by atoms with Crippen molar-refractivity contribution in [1.29, 1.82) is 0 Å². The third-order valence-corrected chi connectivity index (χ3v) is 3.21. The van der Waals surface area contributed by atoms with Crippen LogP contribution in [0.15, 0.2) is 18.2 Å². The second-order valence-electron chi connectivity index (χ2n) is 5.92. The molecular weight excluding hydrogens is 266 g/mol. The van der Waals surface area contributed by atoms with Crippen LogP contribution >= 0.6 is 0 Å². The van der Waals surface area contributed by atoms with Gasteiger partial charge in [0.1, 0.15) is 5.75 Å². The number of nitrogens with zero attached hydrogens (tertiary/aromatic N) is 1. The van der Waals surface area contributed by atoms with E-state index in [2.05, 4.69) is 37.9 Å². The van der Waals surface area contributed by atoms with Crippen LogP contribution < -0.4 is 15.8 Å². The summed E-state index contributed by atoms with van der Waals surface area (Å²) in [6.07, 6.45) is 0. The van der Waals surface area contributed by atoms with E-state index in [1.54, 1.807) is 25.3 Å². The molecule has 0 saturated heterocycles. The maximum Gasteiger partial charge on any atom is 0.238 e. The molecule has 0 unspecified atom stereocenters. The smallest absolute Gasteiger partial charge is 0.238 e. The highest BCUT2D eigenvalue weighted by Gasteiger charge is 2.16. The van der Waals surface area contributed by atoms with Crippen LogP contribution in [0.25, 0.3) is 0 Å². The monoisotopic (exact) mass is 293 g/mol. The number of anilines is 2. The average Bonchev–Trinajstić information content (AvgIpc) is 2.39. The summed E-state index contributed by atoms with van der Waals surface area (Å²) >= 11 is 0. The number of amides is 1. The minimum absolute atomic E-state index is 0.0544. The van der Waals surface area contributed by atoms with E-state index in [1.165, 1.54) is 0 Å². The van der Waals surface area contributed by atoms with Crippen LogP contribution in [0.3, 0.4) is 0 Å². The standard InChI is InChI=1S/C16H27N3O2/c1-11(2)9-19(12(3)4)10-16(20)18-15-7-6-13(21-5)8-14(15)17/h6-8,11-12H,9-10,17H2,1-5H3,(H,18,20). The van der Waals surface area contributed by atoms with Crippen LogP contribution in [0.2, 0.25) is 0 Å². The van der Waals surface area contributed by atoms with Crippen molar-refractivity contribution in [2.24, 2.45) is 5.92 Å². The van der Waals surface area contributed by atoms with E-state index in [0.29, 0.717) is 35.6 Å². The van der Waals surface area contributed by atoms with Crippen molar-refractivity contribution >= 4 is 17.3 Å². The largest absolute Gasteiger partial charge is 0.497 e. The fourth-order valence-corrected chi connectivity index (χ4v) is 2.08. The number of nitrogen functional groups attached to an aromatic ring is 1. The van der Waals surface area contributed by atoms with Crippen LogP contribution in [-0.2, 0) is 4.79 Å². The fourth-order valence-electron chi connectivity index (χ4n) is 2.08. The summed E-state index contributed by atoms with van der Waals surface area (Å²) in [6, 6.07) is 5.56. The van der Waals surface area contributed by atoms with E-state index >= 15 is 0 Å². The molecule has 0 fully saturated rings.